The lowest BCUT2D eigenvalue weighted by Gasteiger charge is -2.41. The molecule has 0 aliphatic carbocycles. The van der Waals surface area contributed by atoms with Gasteiger partial charge in [-0.15, -0.1) is 0 Å². The number of fused-ring (bicyclic) bond motifs is 1. The molecule has 1 N–H and O–H groups in total. The molecule has 4 heterocycles. The number of aromatic nitrogens is 3. The molecule has 2 fully saturated rings. The first-order valence-corrected chi connectivity index (χ1v) is 15.7. The second kappa shape index (κ2) is 13.8. The van der Waals surface area contributed by atoms with Crippen molar-refractivity contribution in [2.45, 2.75) is 63.9 Å². The molecule has 45 heavy (non-hydrogen) atoms. The van der Waals surface area contributed by atoms with Crippen molar-refractivity contribution in [1.82, 2.24) is 24.2 Å². The van der Waals surface area contributed by atoms with Gasteiger partial charge < -0.3 is 29.0 Å². The van der Waals surface area contributed by atoms with Gasteiger partial charge in [-0.25, -0.2) is 14.8 Å². The minimum Gasteiger partial charge on any atom is -0.497 e. The highest BCUT2D eigenvalue weighted by Crippen LogP contribution is 2.33. The van der Waals surface area contributed by atoms with Gasteiger partial charge in [0.25, 0.3) is 0 Å². The number of imidazole rings is 1. The fourth-order valence-corrected chi connectivity index (χ4v) is 6.38. The average Bonchev–Trinajstić information content (AvgIpc) is 3.63. The van der Waals surface area contributed by atoms with E-state index in [2.05, 4.69) is 31.1 Å². The number of esters is 1. The minimum absolute atomic E-state index is 0.218. The van der Waals surface area contributed by atoms with Crippen LogP contribution in [0, 0.1) is 0 Å². The number of halogens is 1. The van der Waals surface area contributed by atoms with Crippen LogP contribution in [0.1, 0.15) is 51.1 Å². The quantitative estimate of drug-likeness (QED) is 0.321. The molecule has 0 bridgehead atoms. The lowest BCUT2D eigenvalue weighted by molar-refractivity contribution is -0.146. The standard InChI is InChI=1S/C31H41BrN6O7/c1-31(2,3)45-30(40)38-17-24(44-18-20(38)16-36-12-7-8-22(36)29(39)43-6)28-35-26(32)25-27(33-11-13-37(25)28)34-15-19-9-10-21(41-4)14-23(19)42-5/h9-11,13-14,20,22,24H,7-8,12,15-18H2,1-6H3,(H,33,34)/t20-,22+,24-/m1/s1. The van der Waals surface area contributed by atoms with E-state index >= 15 is 0 Å². The maximum Gasteiger partial charge on any atom is 0.410 e. The van der Waals surface area contributed by atoms with Crippen LogP contribution in [0.2, 0.25) is 0 Å². The number of benzene rings is 1. The van der Waals surface area contributed by atoms with Crippen molar-refractivity contribution in [3.63, 3.8) is 0 Å². The molecule has 0 unspecified atom stereocenters. The normalized spacial score (nSPS) is 20.7. The lowest BCUT2D eigenvalue weighted by atomic mass is 10.1. The number of ether oxygens (including phenoxy) is 5. The topological polar surface area (TPSA) is 129 Å². The predicted octanol–water partition coefficient (Wildman–Crippen LogP) is 4.44. The number of amides is 1. The summed E-state index contributed by atoms with van der Waals surface area (Å²) in [6.45, 7) is 7.64. The maximum absolute atomic E-state index is 13.5. The largest absolute Gasteiger partial charge is 0.497 e. The van der Waals surface area contributed by atoms with Crippen LogP contribution in [0.3, 0.4) is 0 Å². The lowest BCUT2D eigenvalue weighted by Crippen LogP contribution is -2.56. The SMILES string of the molecule is COC(=O)[C@@H]1CCCN1C[C@@H]1CO[C@@H](c2nc(Br)c3c(NCc4ccc(OC)cc4OC)nccn23)CN1C(=O)OC(C)(C)C. The van der Waals surface area contributed by atoms with Gasteiger partial charge in [0.2, 0.25) is 0 Å². The van der Waals surface area contributed by atoms with Crippen molar-refractivity contribution in [3.05, 3.63) is 46.6 Å². The molecule has 0 spiro atoms. The summed E-state index contributed by atoms with van der Waals surface area (Å²) in [6, 6.07) is 4.99. The Kier molecular flexibility index (Phi) is 10.0. The molecular formula is C31H41BrN6O7. The van der Waals surface area contributed by atoms with Crippen LogP contribution in [-0.2, 0) is 25.5 Å². The Morgan fingerprint density at radius 1 is 1.18 bits per heavy atom. The number of anilines is 1. The van der Waals surface area contributed by atoms with Crippen LogP contribution in [0.15, 0.2) is 35.2 Å². The number of morpholine rings is 1. The van der Waals surface area contributed by atoms with E-state index in [1.807, 2.05) is 49.6 Å². The Morgan fingerprint density at radius 3 is 2.69 bits per heavy atom. The number of rotatable bonds is 9. The Bertz CT molecular complexity index is 1530. The fourth-order valence-electron chi connectivity index (χ4n) is 5.82. The van der Waals surface area contributed by atoms with Gasteiger partial charge in [0, 0.05) is 37.1 Å². The van der Waals surface area contributed by atoms with Crippen molar-refractivity contribution >= 4 is 39.3 Å². The van der Waals surface area contributed by atoms with Crippen molar-refractivity contribution in [3.8, 4) is 11.5 Å². The third kappa shape index (κ3) is 7.28. The summed E-state index contributed by atoms with van der Waals surface area (Å²) < 4.78 is 30.6. The van der Waals surface area contributed by atoms with E-state index in [1.165, 1.54) is 7.11 Å². The summed E-state index contributed by atoms with van der Waals surface area (Å²) in [6.07, 6.45) is 4.13. The number of carbonyl (C=O) groups is 2. The summed E-state index contributed by atoms with van der Waals surface area (Å²) in [5.74, 6) is 2.37. The van der Waals surface area contributed by atoms with Gasteiger partial charge in [-0.3, -0.25) is 19.0 Å². The number of nitrogens with one attached hydrogen (secondary N) is 1. The molecule has 14 heteroatoms. The molecule has 1 aromatic carbocycles. The van der Waals surface area contributed by atoms with Crippen LogP contribution in [0.25, 0.3) is 5.52 Å². The molecule has 3 aromatic rings. The zero-order valence-corrected chi connectivity index (χ0v) is 28.1. The van der Waals surface area contributed by atoms with Gasteiger partial charge in [-0.1, -0.05) is 0 Å². The van der Waals surface area contributed by atoms with Crippen molar-refractivity contribution in [1.29, 1.82) is 0 Å². The highest BCUT2D eigenvalue weighted by molar-refractivity contribution is 9.10. The van der Waals surface area contributed by atoms with Crippen LogP contribution in [-0.4, -0.2) is 101 Å². The van der Waals surface area contributed by atoms with Gasteiger partial charge in [0.15, 0.2) is 5.82 Å². The first-order valence-electron chi connectivity index (χ1n) is 14.9. The molecule has 1 amide bonds. The van der Waals surface area contributed by atoms with Crippen LogP contribution in [0.5, 0.6) is 11.5 Å². The summed E-state index contributed by atoms with van der Waals surface area (Å²) in [5, 5.41) is 3.40. The number of hydrogen-bond acceptors (Lipinski definition) is 11. The molecule has 2 aliphatic rings. The van der Waals surface area contributed by atoms with Crippen LogP contribution < -0.4 is 14.8 Å². The fraction of sp³-hybridized carbons (Fsp3) is 0.548. The molecule has 0 radical (unpaired) electrons. The number of likely N-dealkylation sites (tertiary alicyclic amines) is 1. The summed E-state index contributed by atoms with van der Waals surface area (Å²) in [7, 11) is 4.64. The zero-order chi connectivity index (χ0) is 32.3. The summed E-state index contributed by atoms with van der Waals surface area (Å²) in [5.41, 5.74) is 0.979. The number of methoxy groups -OCH3 is 3. The van der Waals surface area contributed by atoms with E-state index in [1.54, 1.807) is 25.3 Å². The van der Waals surface area contributed by atoms with E-state index in [0.717, 1.165) is 30.5 Å². The van der Waals surface area contributed by atoms with Gasteiger partial charge in [0.05, 0.1) is 40.5 Å². The smallest absolute Gasteiger partial charge is 0.410 e. The molecule has 5 rings (SSSR count). The monoisotopic (exact) mass is 688 g/mol. The highest BCUT2D eigenvalue weighted by Gasteiger charge is 2.41. The second-order valence-corrected chi connectivity index (χ2v) is 12.8. The van der Waals surface area contributed by atoms with Crippen LogP contribution in [0.4, 0.5) is 10.6 Å². The van der Waals surface area contributed by atoms with Gasteiger partial charge >= 0.3 is 12.1 Å². The molecule has 13 nitrogen and oxygen atoms in total. The Hall–Kier alpha value is -3.62. The molecule has 2 aliphatic heterocycles. The van der Waals surface area contributed by atoms with Gasteiger partial charge in [-0.2, -0.15) is 0 Å². The van der Waals surface area contributed by atoms with Crippen molar-refractivity contribution < 1.29 is 33.3 Å². The third-order valence-electron chi connectivity index (χ3n) is 7.97. The van der Waals surface area contributed by atoms with E-state index in [-0.39, 0.29) is 31.2 Å². The van der Waals surface area contributed by atoms with E-state index < -0.39 is 17.8 Å². The Morgan fingerprint density at radius 2 is 1.98 bits per heavy atom. The van der Waals surface area contributed by atoms with Crippen molar-refractivity contribution in [2.24, 2.45) is 0 Å². The second-order valence-electron chi connectivity index (χ2n) is 12.1. The van der Waals surface area contributed by atoms with Crippen LogP contribution >= 0.6 is 15.9 Å². The minimum atomic E-state index is -0.681. The first kappa shape index (κ1) is 32.8. The van der Waals surface area contributed by atoms with E-state index in [4.69, 9.17) is 28.7 Å². The average molecular weight is 690 g/mol. The van der Waals surface area contributed by atoms with E-state index in [9.17, 15) is 9.59 Å². The molecule has 2 saturated heterocycles. The van der Waals surface area contributed by atoms with E-state index in [0.29, 0.717) is 40.8 Å². The first-order chi connectivity index (χ1) is 21.5. The molecule has 3 atom stereocenters. The molecule has 244 valence electrons. The number of nitrogens with zero attached hydrogens (tertiary/aromatic N) is 5. The number of carbonyl (C=O) groups excluding carboxylic acids is 2. The summed E-state index contributed by atoms with van der Waals surface area (Å²) >= 11 is 3.63. The predicted molar refractivity (Wildman–Crippen MR) is 170 cm³/mol. The zero-order valence-electron chi connectivity index (χ0n) is 26.5. The molecular weight excluding hydrogens is 648 g/mol. The van der Waals surface area contributed by atoms with Gasteiger partial charge in [-0.05, 0) is 68.2 Å². The molecule has 0 saturated carbocycles. The molecule has 2 aromatic heterocycles. The van der Waals surface area contributed by atoms with Gasteiger partial charge in [0.1, 0.15) is 45.2 Å². The number of hydrogen-bond donors (Lipinski definition) is 1. The highest BCUT2D eigenvalue weighted by atomic mass is 79.9. The van der Waals surface area contributed by atoms with Crippen molar-refractivity contribution in [2.75, 3.05) is 52.9 Å². The Labute approximate surface area is 271 Å². The Balaban J connectivity index is 1.39. The maximum atomic E-state index is 13.5. The third-order valence-corrected chi connectivity index (χ3v) is 8.52. The summed E-state index contributed by atoms with van der Waals surface area (Å²) in [4.78, 5) is 39.1.